The summed E-state index contributed by atoms with van der Waals surface area (Å²) in [7, 11) is 0. The molecule has 1 amide bonds. The van der Waals surface area contributed by atoms with Gasteiger partial charge in [-0.25, -0.2) is 0 Å². The van der Waals surface area contributed by atoms with E-state index < -0.39 is 18.6 Å². The third-order valence-electron chi connectivity index (χ3n) is 6.15. The zero-order valence-corrected chi connectivity index (χ0v) is 17.2. The van der Waals surface area contributed by atoms with Gasteiger partial charge in [-0.2, -0.15) is 18.3 Å². The molecule has 0 atom stereocenters. The van der Waals surface area contributed by atoms with E-state index in [-0.39, 0.29) is 6.04 Å². The number of carbonyl (C=O) groups is 1. The number of carbonyl (C=O) groups excluding carboxylic acids is 1. The number of rotatable bonds is 4. The minimum atomic E-state index is -4.12. The topological polar surface area (TPSA) is 67.4 Å². The third kappa shape index (κ3) is 4.44. The monoisotopic (exact) mass is 429 g/mol. The number of thiophene rings is 1. The van der Waals surface area contributed by atoms with Crippen LogP contribution in [0.3, 0.4) is 0 Å². The molecule has 1 saturated heterocycles. The molecule has 0 aromatic carbocycles. The Morgan fingerprint density at radius 1 is 1.17 bits per heavy atom. The highest BCUT2D eigenvalue weighted by atomic mass is 32.1. The van der Waals surface area contributed by atoms with Crippen LogP contribution in [-0.4, -0.2) is 70.4 Å². The lowest BCUT2D eigenvalue weighted by Crippen LogP contribution is -2.52. The molecular formula is C19H26F3N5OS. The van der Waals surface area contributed by atoms with Crippen molar-refractivity contribution in [1.82, 2.24) is 19.6 Å². The number of primary amides is 1. The lowest BCUT2D eigenvalue weighted by atomic mass is 9.90. The minimum Gasteiger partial charge on any atom is -0.365 e. The van der Waals surface area contributed by atoms with Gasteiger partial charge in [0.05, 0.1) is 23.2 Å². The van der Waals surface area contributed by atoms with Gasteiger partial charge in [0.15, 0.2) is 0 Å². The Labute approximate surface area is 171 Å². The van der Waals surface area contributed by atoms with Crippen molar-refractivity contribution in [2.45, 2.75) is 50.9 Å². The first-order chi connectivity index (χ1) is 13.7. The second-order valence-corrected chi connectivity index (χ2v) is 9.14. The Morgan fingerprint density at radius 3 is 2.38 bits per heavy atom. The van der Waals surface area contributed by atoms with Crippen LogP contribution < -0.4 is 5.73 Å². The number of aryl methyl sites for hydroxylation is 1. The smallest absolute Gasteiger partial charge is 0.365 e. The van der Waals surface area contributed by atoms with Gasteiger partial charge < -0.3 is 5.73 Å². The number of piperazine rings is 1. The van der Waals surface area contributed by atoms with Gasteiger partial charge >= 0.3 is 6.18 Å². The van der Waals surface area contributed by atoms with Crippen molar-refractivity contribution in [3.05, 3.63) is 16.6 Å². The van der Waals surface area contributed by atoms with Crippen LogP contribution in [0.5, 0.6) is 0 Å². The van der Waals surface area contributed by atoms with Gasteiger partial charge in [-0.15, -0.1) is 11.3 Å². The molecule has 4 rings (SSSR count). The number of halogens is 3. The summed E-state index contributed by atoms with van der Waals surface area (Å²) in [5.41, 5.74) is 6.34. The van der Waals surface area contributed by atoms with Crippen molar-refractivity contribution in [2.24, 2.45) is 5.73 Å². The number of hydrogen-bond donors (Lipinski definition) is 1. The quantitative estimate of drug-likeness (QED) is 0.811. The Morgan fingerprint density at radius 2 is 1.79 bits per heavy atom. The average Bonchev–Trinajstić information content (AvgIpc) is 3.22. The molecule has 6 nitrogen and oxygen atoms in total. The van der Waals surface area contributed by atoms with E-state index in [1.54, 1.807) is 0 Å². The van der Waals surface area contributed by atoms with Gasteiger partial charge in [-0.1, -0.05) is 0 Å². The second kappa shape index (κ2) is 7.88. The fourth-order valence-electron chi connectivity index (χ4n) is 4.65. The first-order valence-corrected chi connectivity index (χ1v) is 10.8. The van der Waals surface area contributed by atoms with E-state index in [2.05, 4.69) is 9.58 Å². The Hall–Kier alpha value is -1.65. The van der Waals surface area contributed by atoms with Crippen LogP contribution in [0.2, 0.25) is 0 Å². The highest BCUT2D eigenvalue weighted by Crippen LogP contribution is 2.36. The molecule has 1 aliphatic carbocycles. The summed E-state index contributed by atoms with van der Waals surface area (Å²) in [5, 5.41) is 5.70. The summed E-state index contributed by atoms with van der Waals surface area (Å²) in [6.07, 6.45) is -0.138. The molecule has 0 radical (unpaired) electrons. The number of alkyl halides is 3. The van der Waals surface area contributed by atoms with Gasteiger partial charge in [0.2, 0.25) is 0 Å². The van der Waals surface area contributed by atoms with Crippen LogP contribution in [0.4, 0.5) is 13.2 Å². The van der Waals surface area contributed by atoms with E-state index in [9.17, 15) is 18.0 Å². The van der Waals surface area contributed by atoms with E-state index in [1.807, 2.05) is 13.0 Å². The fraction of sp³-hybridized carbons (Fsp3) is 0.684. The van der Waals surface area contributed by atoms with Gasteiger partial charge in [-0.3, -0.25) is 19.3 Å². The van der Waals surface area contributed by atoms with Crippen molar-refractivity contribution >= 4 is 27.5 Å². The molecular weight excluding hydrogens is 403 g/mol. The Bertz CT molecular complexity index is 876. The molecule has 29 heavy (non-hydrogen) atoms. The number of amides is 1. The first-order valence-electron chi connectivity index (χ1n) is 10.0. The molecule has 0 bridgehead atoms. The number of aromatic nitrogens is 2. The Kier molecular flexibility index (Phi) is 5.60. The van der Waals surface area contributed by atoms with Crippen LogP contribution in [0, 0.1) is 6.92 Å². The number of nitrogens with two attached hydrogens (primary N) is 1. The van der Waals surface area contributed by atoms with Crippen molar-refractivity contribution in [2.75, 3.05) is 32.7 Å². The molecule has 10 heteroatoms. The van der Waals surface area contributed by atoms with E-state index in [0.29, 0.717) is 37.1 Å². The SMILES string of the molecule is Cc1nn(C2CCC(N3CCN(CC(F)(F)F)CC3)CC2)c2sc(C(N)=O)cc12. The van der Waals surface area contributed by atoms with Crippen molar-refractivity contribution in [1.29, 1.82) is 0 Å². The lowest BCUT2D eigenvalue weighted by Gasteiger charge is -2.42. The van der Waals surface area contributed by atoms with Gasteiger partial charge in [0.1, 0.15) is 4.83 Å². The first kappa shape index (κ1) is 20.6. The average molecular weight is 430 g/mol. The molecule has 1 saturated carbocycles. The number of nitrogens with zero attached hydrogens (tertiary/aromatic N) is 4. The normalized spacial score (nSPS) is 25.0. The second-order valence-electron chi connectivity index (χ2n) is 8.11. The maximum Gasteiger partial charge on any atom is 0.401 e. The molecule has 0 unspecified atom stereocenters. The molecule has 2 aliphatic rings. The van der Waals surface area contributed by atoms with Gasteiger partial charge in [-0.05, 0) is 38.7 Å². The molecule has 0 spiro atoms. The number of fused-ring (bicyclic) bond motifs is 1. The van der Waals surface area contributed by atoms with Crippen molar-refractivity contribution in [3.8, 4) is 0 Å². The molecule has 3 heterocycles. The summed E-state index contributed by atoms with van der Waals surface area (Å²) in [6.45, 7) is 3.48. The predicted octanol–water partition coefficient (Wildman–Crippen LogP) is 3.17. The zero-order chi connectivity index (χ0) is 20.8. The van der Waals surface area contributed by atoms with Crippen LogP contribution in [-0.2, 0) is 0 Å². The Balaban J connectivity index is 1.36. The maximum absolute atomic E-state index is 12.6. The van der Waals surface area contributed by atoms with Crippen molar-refractivity contribution < 1.29 is 18.0 Å². The molecule has 2 N–H and O–H groups in total. The predicted molar refractivity (Wildman–Crippen MR) is 106 cm³/mol. The highest BCUT2D eigenvalue weighted by molar-refractivity contribution is 7.20. The fourth-order valence-corrected chi connectivity index (χ4v) is 5.73. The highest BCUT2D eigenvalue weighted by Gasteiger charge is 2.34. The summed E-state index contributed by atoms with van der Waals surface area (Å²) in [5.74, 6) is -0.412. The zero-order valence-electron chi connectivity index (χ0n) is 16.4. The van der Waals surface area contributed by atoms with Gasteiger partial charge in [0, 0.05) is 37.6 Å². The summed E-state index contributed by atoms with van der Waals surface area (Å²) >= 11 is 1.40. The van der Waals surface area contributed by atoms with E-state index in [1.165, 1.54) is 16.2 Å². The molecule has 2 aromatic heterocycles. The molecule has 2 aromatic rings. The maximum atomic E-state index is 12.6. The summed E-state index contributed by atoms with van der Waals surface area (Å²) < 4.78 is 39.8. The summed E-state index contributed by atoms with van der Waals surface area (Å²) in [4.78, 5) is 16.9. The minimum absolute atomic E-state index is 0.286. The molecule has 2 fully saturated rings. The van der Waals surface area contributed by atoms with E-state index in [4.69, 9.17) is 10.8 Å². The largest absolute Gasteiger partial charge is 0.401 e. The number of hydrogen-bond acceptors (Lipinski definition) is 5. The van der Waals surface area contributed by atoms with E-state index in [0.717, 1.165) is 41.6 Å². The van der Waals surface area contributed by atoms with Gasteiger partial charge in [0.25, 0.3) is 5.91 Å². The molecule has 160 valence electrons. The van der Waals surface area contributed by atoms with Crippen LogP contribution >= 0.6 is 11.3 Å². The molecule has 1 aliphatic heterocycles. The lowest BCUT2D eigenvalue weighted by molar-refractivity contribution is -0.150. The van der Waals surface area contributed by atoms with Crippen molar-refractivity contribution in [3.63, 3.8) is 0 Å². The summed E-state index contributed by atoms with van der Waals surface area (Å²) in [6, 6.07) is 2.54. The van der Waals surface area contributed by atoms with Crippen LogP contribution in [0.25, 0.3) is 10.2 Å². The van der Waals surface area contributed by atoms with E-state index >= 15 is 0 Å². The third-order valence-corrected chi connectivity index (χ3v) is 7.29. The standard InChI is InChI=1S/C19H26F3N5OS/c1-12-15-10-16(17(23)28)29-18(15)27(24-12)14-4-2-13(3-5-14)26-8-6-25(7-9-26)11-19(20,21)22/h10,13-14H,2-9,11H2,1H3,(H2,23,28). The van der Waals surface area contributed by atoms with Crippen LogP contribution in [0.15, 0.2) is 6.07 Å². The van der Waals surface area contributed by atoms with Crippen LogP contribution in [0.1, 0.15) is 47.1 Å².